The molecule has 0 saturated carbocycles. The van der Waals surface area contributed by atoms with Gasteiger partial charge in [-0.1, -0.05) is 29.8 Å². The molecule has 1 amide bonds. The summed E-state index contributed by atoms with van der Waals surface area (Å²) in [5, 5.41) is 3.49. The highest BCUT2D eigenvalue weighted by Gasteiger charge is 2.21. The number of rotatable bonds is 6. The number of amides is 1. The maximum atomic E-state index is 12.2. The third-order valence-electron chi connectivity index (χ3n) is 3.14. The summed E-state index contributed by atoms with van der Waals surface area (Å²) in [6.45, 7) is 0.149. The van der Waals surface area contributed by atoms with Crippen molar-refractivity contribution in [2.24, 2.45) is 5.73 Å². The van der Waals surface area contributed by atoms with Gasteiger partial charge in [-0.15, -0.1) is 24.8 Å². The van der Waals surface area contributed by atoms with Gasteiger partial charge >= 0.3 is 0 Å². The number of ether oxygens (including phenoxy) is 1. The quantitative estimate of drug-likeness (QED) is 0.792. The summed E-state index contributed by atoms with van der Waals surface area (Å²) < 4.78 is 4.91. The maximum absolute atomic E-state index is 12.2. The molecule has 24 heavy (non-hydrogen) atoms. The van der Waals surface area contributed by atoms with Crippen molar-refractivity contribution in [3.05, 3.63) is 64.9 Å². The Morgan fingerprint density at radius 2 is 2.04 bits per heavy atom. The van der Waals surface area contributed by atoms with E-state index in [1.807, 2.05) is 30.3 Å². The standard InChI is InChI=1S/C16H18ClN3O2.2ClH/c1-22-10-13(18)16(21)20-15(14-7-2-3-8-19-14)11-5-4-6-12(17)9-11;;/h2-9,13,15H,10,18H2,1H3,(H,20,21);2*1H. The van der Waals surface area contributed by atoms with Crippen LogP contribution in [-0.4, -0.2) is 30.6 Å². The topological polar surface area (TPSA) is 77.2 Å². The number of hydrogen-bond acceptors (Lipinski definition) is 4. The molecular weight excluding hydrogens is 373 g/mol. The molecule has 0 radical (unpaired) electrons. The minimum absolute atomic E-state index is 0. The van der Waals surface area contributed by atoms with Crippen LogP contribution in [0.5, 0.6) is 0 Å². The molecular formula is C16H20Cl3N3O2. The third-order valence-corrected chi connectivity index (χ3v) is 3.37. The Labute approximate surface area is 158 Å². The summed E-state index contributed by atoms with van der Waals surface area (Å²) >= 11 is 6.05. The van der Waals surface area contributed by atoms with Crippen LogP contribution in [0, 0.1) is 0 Å². The Morgan fingerprint density at radius 3 is 2.62 bits per heavy atom. The minimum atomic E-state index is -0.740. The van der Waals surface area contributed by atoms with E-state index in [4.69, 9.17) is 22.1 Å². The number of nitrogens with zero attached hydrogens (tertiary/aromatic N) is 1. The fraction of sp³-hybridized carbons (Fsp3) is 0.250. The van der Waals surface area contributed by atoms with E-state index in [-0.39, 0.29) is 37.3 Å². The van der Waals surface area contributed by atoms with Crippen molar-refractivity contribution in [1.29, 1.82) is 0 Å². The second kappa shape index (κ2) is 11.2. The number of carbonyl (C=O) groups is 1. The van der Waals surface area contributed by atoms with Gasteiger partial charge in [0, 0.05) is 18.3 Å². The predicted molar refractivity (Wildman–Crippen MR) is 100 cm³/mol. The summed E-state index contributed by atoms with van der Waals surface area (Å²) in [5.74, 6) is -0.308. The first-order chi connectivity index (χ1) is 10.6. The molecule has 1 aromatic carbocycles. The molecule has 0 spiro atoms. The maximum Gasteiger partial charge on any atom is 0.240 e. The fourth-order valence-corrected chi connectivity index (χ4v) is 2.26. The van der Waals surface area contributed by atoms with Crippen molar-refractivity contribution >= 4 is 42.3 Å². The van der Waals surface area contributed by atoms with E-state index in [1.165, 1.54) is 7.11 Å². The highest BCUT2D eigenvalue weighted by molar-refractivity contribution is 6.30. The van der Waals surface area contributed by atoms with Gasteiger partial charge in [-0.05, 0) is 29.8 Å². The summed E-state index contributed by atoms with van der Waals surface area (Å²) in [4.78, 5) is 16.5. The highest BCUT2D eigenvalue weighted by atomic mass is 35.5. The van der Waals surface area contributed by atoms with Crippen LogP contribution in [0.15, 0.2) is 48.7 Å². The van der Waals surface area contributed by atoms with Gasteiger partial charge in [-0.25, -0.2) is 0 Å². The van der Waals surface area contributed by atoms with Gasteiger partial charge in [0.25, 0.3) is 0 Å². The number of pyridine rings is 1. The molecule has 1 aromatic heterocycles. The second-order valence-corrected chi connectivity index (χ2v) is 5.25. The average molecular weight is 393 g/mol. The van der Waals surface area contributed by atoms with E-state index in [0.29, 0.717) is 10.7 Å². The average Bonchev–Trinajstić information content (AvgIpc) is 2.53. The molecule has 0 aliphatic heterocycles. The number of nitrogens with one attached hydrogen (secondary N) is 1. The smallest absolute Gasteiger partial charge is 0.240 e. The molecule has 0 aliphatic rings. The minimum Gasteiger partial charge on any atom is -0.383 e. The van der Waals surface area contributed by atoms with E-state index in [2.05, 4.69) is 10.3 Å². The van der Waals surface area contributed by atoms with Gasteiger partial charge in [0.15, 0.2) is 0 Å². The Hall–Kier alpha value is -1.37. The molecule has 0 aliphatic carbocycles. The van der Waals surface area contributed by atoms with Crippen molar-refractivity contribution in [3.8, 4) is 0 Å². The molecule has 2 unspecified atom stereocenters. The number of nitrogens with two attached hydrogens (primary N) is 1. The van der Waals surface area contributed by atoms with Crippen molar-refractivity contribution in [2.45, 2.75) is 12.1 Å². The van der Waals surface area contributed by atoms with Crippen LogP contribution < -0.4 is 11.1 Å². The molecule has 132 valence electrons. The van der Waals surface area contributed by atoms with Gasteiger partial charge in [0.2, 0.25) is 5.91 Å². The Morgan fingerprint density at radius 1 is 1.29 bits per heavy atom. The van der Waals surface area contributed by atoms with Crippen LogP contribution in [0.2, 0.25) is 5.02 Å². The molecule has 0 fully saturated rings. The molecule has 2 aromatic rings. The third kappa shape index (κ3) is 6.26. The van der Waals surface area contributed by atoms with Gasteiger partial charge in [-0.3, -0.25) is 9.78 Å². The fourth-order valence-electron chi connectivity index (χ4n) is 2.07. The summed E-state index contributed by atoms with van der Waals surface area (Å²) in [6.07, 6.45) is 1.67. The molecule has 1 heterocycles. The van der Waals surface area contributed by atoms with E-state index in [1.54, 1.807) is 18.3 Å². The van der Waals surface area contributed by atoms with Gasteiger partial charge in [0.1, 0.15) is 6.04 Å². The number of hydrogen-bond donors (Lipinski definition) is 2. The van der Waals surface area contributed by atoms with E-state index in [9.17, 15) is 4.79 Å². The van der Waals surface area contributed by atoms with E-state index < -0.39 is 12.1 Å². The highest BCUT2D eigenvalue weighted by Crippen LogP contribution is 2.23. The summed E-state index contributed by atoms with van der Waals surface area (Å²) in [7, 11) is 1.50. The summed E-state index contributed by atoms with van der Waals surface area (Å²) in [6, 6.07) is 11.6. The SMILES string of the molecule is COCC(N)C(=O)NC(c1cccc(Cl)c1)c1ccccn1.Cl.Cl. The van der Waals surface area contributed by atoms with Crippen molar-refractivity contribution in [3.63, 3.8) is 0 Å². The molecule has 8 heteroatoms. The molecule has 0 saturated heterocycles. The lowest BCUT2D eigenvalue weighted by atomic mass is 10.0. The first-order valence-electron chi connectivity index (χ1n) is 6.83. The van der Waals surface area contributed by atoms with Crippen LogP contribution in [0.1, 0.15) is 17.3 Å². The largest absolute Gasteiger partial charge is 0.383 e. The Bertz CT molecular complexity index is 629. The normalized spacial score (nSPS) is 12.3. The lowest BCUT2D eigenvalue weighted by molar-refractivity contribution is -0.124. The van der Waals surface area contributed by atoms with Crippen LogP contribution in [-0.2, 0) is 9.53 Å². The molecule has 5 nitrogen and oxygen atoms in total. The Balaban J connectivity index is 0.00000264. The molecule has 2 atom stereocenters. The monoisotopic (exact) mass is 391 g/mol. The van der Waals surface area contributed by atoms with Crippen molar-refractivity contribution in [2.75, 3.05) is 13.7 Å². The van der Waals surface area contributed by atoms with Crippen LogP contribution in [0.4, 0.5) is 0 Å². The van der Waals surface area contributed by atoms with Crippen LogP contribution in [0.25, 0.3) is 0 Å². The van der Waals surface area contributed by atoms with Crippen molar-refractivity contribution < 1.29 is 9.53 Å². The first-order valence-corrected chi connectivity index (χ1v) is 7.21. The lowest BCUT2D eigenvalue weighted by Crippen LogP contribution is -2.45. The number of carbonyl (C=O) groups excluding carboxylic acids is 1. The van der Waals surface area contributed by atoms with Crippen LogP contribution >= 0.6 is 36.4 Å². The zero-order valence-corrected chi connectivity index (χ0v) is 15.4. The number of methoxy groups -OCH3 is 1. The first kappa shape index (κ1) is 22.6. The predicted octanol–water partition coefficient (Wildman–Crippen LogP) is 2.76. The van der Waals surface area contributed by atoms with E-state index in [0.717, 1.165) is 5.56 Å². The number of aromatic nitrogens is 1. The second-order valence-electron chi connectivity index (χ2n) is 4.81. The van der Waals surface area contributed by atoms with Gasteiger partial charge < -0.3 is 15.8 Å². The molecule has 0 bridgehead atoms. The lowest BCUT2D eigenvalue weighted by Gasteiger charge is -2.21. The number of halogens is 3. The van der Waals surface area contributed by atoms with Crippen molar-refractivity contribution in [1.82, 2.24) is 10.3 Å². The van der Waals surface area contributed by atoms with Gasteiger partial charge in [-0.2, -0.15) is 0 Å². The molecule has 2 rings (SSSR count). The van der Waals surface area contributed by atoms with Gasteiger partial charge in [0.05, 0.1) is 18.3 Å². The van der Waals surface area contributed by atoms with Crippen LogP contribution in [0.3, 0.4) is 0 Å². The number of benzene rings is 1. The Kier molecular flexibility index (Phi) is 10.6. The summed E-state index contributed by atoms with van der Waals surface area (Å²) in [5.41, 5.74) is 7.33. The van der Waals surface area contributed by atoms with E-state index >= 15 is 0 Å². The molecule has 3 N–H and O–H groups in total. The zero-order chi connectivity index (χ0) is 15.9. The zero-order valence-electron chi connectivity index (χ0n) is 13.0.